The Labute approximate surface area is 92.2 Å². The Balaban J connectivity index is 4.76. The van der Waals surface area contributed by atoms with Crippen LogP contribution in [0, 0.1) is 0 Å². The van der Waals surface area contributed by atoms with Crippen LogP contribution in [0.15, 0.2) is 0 Å². The van der Waals surface area contributed by atoms with E-state index < -0.39 is 7.26 Å². The molecule has 1 heteroatoms. The number of rotatable bonds is 6. The van der Waals surface area contributed by atoms with Gasteiger partial charge in [0.25, 0.3) is 0 Å². The fourth-order valence-electron chi connectivity index (χ4n) is 3.00. The highest BCUT2D eigenvalue weighted by Gasteiger charge is 2.46. The molecule has 86 valence electrons. The van der Waals surface area contributed by atoms with Gasteiger partial charge < -0.3 is 0 Å². The van der Waals surface area contributed by atoms with E-state index >= 15 is 0 Å². The SMILES string of the molecule is CCCC[P+](C(C)C)(C(C)C)C(C)C. The second-order valence-electron chi connectivity index (χ2n) is 5.35. The number of unbranched alkanes of at least 4 members (excludes halogenated alkanes) is 1. The molecule has 0 bridgehead atoms. The first-order valence-corrected chi connectivity index (χ1v) is 8.44. The fourth-order valence-corrected chi connectivity index (χ4v) is 8.99. The van der Waals surface area contributed by atoms with Crippen molar-refractivity contribution in [3.05, 3.63) is 0 Å². The van der Waals surface area contributed by atoms with E-state index in [9.17, 15) is 0 Å². The summed E-state index contributed by atoms with van der Waals surface area (Å²) in [5.74, 6) is 0. The zero-order valence-electron chi connectivity index (χ0n) is 11.3. The van der Waals surface area contributed by atoms with Crippen molar-refractivity contribution in [2.24, 2.45) is 0 Å². The zero-order chi connectivity index (χ0) is 11.4. The summed E-state index contributed by atoms with van der Waals surface area (Å²) in [4.78, 5) is 0. The Morgan fingerprint density at radius 3 is 1.36 bits per heavy atom. The van der Waals surface area contributed by atoms with E-state index in [0.29, 0.717) is 0 Å². The molecule has 0 atom stereocenters. The highest BCUT2D eigenvalue weighted by atomic mass is 31.2. The normalized spacial score (nSPS) is 13.3. The van der Waals surface area contributed by atoms with E-state index in [4.69, 9.17) is 0 Å². The van der Waals surface area contributed by atoms with Crippen molar-refractivity contribution >= 4 is 7.26 Å². The first-order chi connectivity index (χ1) is 6.39. The van der Waals surface area contributed by atoms with Gasteiger partial charge >= 0.3 is 0 Å². The Kier molecular flexibility index (Phi) is 6.30. The van der Waals surface area contributed by atoms with Crippen LogP contribution in [0.4, 0.5) is 0 Å². The van der Waals surface area contributed by atoms with Crippen LogP contribution in [0.25, 0.3) is 0 Å². The molecule has 0 aromatic heterocycles. The molecule has 0 N–H and O–H groups in total. The molecule has 0 aliphatic carbocycles. The lowest BCUT2D eigenvalue weighted by molar-refractivity contribution is 0.835. The molecule has 0 unspecified atom stereocenters. The van der Waals surface area contributed by atoms with Crippen LogP contribution in [-0.2, 0) is 0 Å². The van der Waals surface area contributed by atoms with Crippen molar-refractivity contribution in [1.82, 2.24) is 0 Å². The van der Waals surface area contributed by atoms with Crippen LogP contribution in [0.1, 0.15) is 61.3 Å². The topological polar surface area (TPSA) is 0 Å². The van der Waals surface area contributed by atoms with Crippen molar-refractivity contribution in [3.8, 4) is 0 Å². The van der Waals surface area contributed by atoms with Gasteiger partial charge in [-0.25, -0.2) is 0 Å². The molecular weight excluding hydrogens is 187 g/mol. The summed E-state index contributed by atoms with van der Waals surface area (Å²) in [6.45, 7) is 17.0. The third-order valence-corrected chi connectivity index (χ3v) is 10.6. The van der Waals surface area contributed by atoms with Crippen LogP contribution >= 0.6 is 7.26 Å². The average Bonchev–Trinajstić information content (AvgIpc) is 2.03. The second-order valence-corrected chi connectivity index (χ2v) is 10.9. The first kappa shape index (κ1) is 14.4. The van der Waals surface area contributed by atoms with Gasteiger partial charge in [-0.3, -0.25) is 0 Å². The number of hydrogen-bond acceptors (Lipinski definition) is 0. The molecule has 0 aliphatic heterocycles. The van der Waals surface area contributed by atoms with Crippen molar-refractivity contribution in [3.63, 3.8) is 0 Å². The molecule has 14 heavy (non-hydrogen) atoms. The standard InChI is InChI=1S/C13H30P/c1-8-9-10-14(11(2)3,12(4)5)13(6)7/h11-13H,8-10H2,1-7H3/q+1. The average molecular weight is 217 g/mol. The van der Waals surface area contributed by atoms with Gasteiger partial charge in [-0.15, -0.1) is 0 Å². The molecule has 0 amide bonds. The number of hydrogen-bond donors (Lipinski definition) is 0. The second kappa shape index (κ2) is 6.11. The smallest absolute Gasteiger partial charge is 0.0646 e. The highest BCUT2D eigenvalue weighted by molar-refractivity contribution is 7.77. The third kappa shape index (κ3) is 2.96. The van der Waals surface area contributed by atoms with Gasteiger partial charge in [0.15, 0.2) is 0 Å². The summed E-state index contributed by atoms with van der Waals surface area (Å²) >= 11 is 0. The van der Waals surface area contributed by atoms with Gasteiger partial charge in [-0.1, -0.05) is 13.3 Å². The van der Waals surface area contributed by atoms with Crippen molar-refractivity contribution in [2.45, 2.75) is 78.3 Å². The van der Waals surface area contributed by atoms with E-state index in [2.05, 4.69) is 48.5 Å². The van der Waals surface area contributed by atoms with Gasteiger partial charge in [0.2, 0.25) is 0 Å². The summed E-state index contributed by atoms with van der Waals surface area (Å²) in [5.41, 5.74) is 2.73. The van der Waals surface area contributed by atoms with Crippen molar-refractivity contribution in [2.75, 3.05) is 6.16 Å². The van der Waals surface area contributed by atoms with E-state index in [0.717, 1.165) is 17.0 Å². The van der Waals surface area contributed by atoms with E-state index in [-0.39, 0.29) is 0 Å². The van der Waals surface area contributed by atoms with Gasteiger partial charge in [-0.2, -0.15) is 0 Å². The molecule has 0 aromatic carbocycles. The molecule has 0 fully saturated rings. The largest absolute Gasteiger partial charge is 0.0652 e. The molecule has 0 saturated carbocycles. The minimum absolute atomic E-state index is 0.729. The van der Waals surface area contributed by atoms with Gasteiger partial charge in [0.1, 0.15) is 0 Å². The lowest BCUT2D eigenvalue weighted by Gasteiger charge is -2.38. The Morgan fingerprint density at radius 2 is 1.14 bits per heavy atom. The Bertz CT molecular complexity index is 126. The van der Waals surface area contributed by atoms with Crippen LogP contribution in [0.5, 0.6) is 0 Å². The predicted molar refractivity (Wildman–Crippen MR) is 72.1 cm³/mol. The summed E-state index contributed by atoms with van der Waals surface area (Å²) < 4.78 is 0. The summed E-state index contributed by atoms with van der Waals surface area (Å²) in [7, 11) is -0.729. The molecular formula is C13H30P+. The van der Waals surface area contributed by atoms with Gasteiger partial charge in [0.05, 0.1) is 23.1 Å². The van der Waals surface area contributed by atoms with E-state index in [1.165, 1.54) is 19.0 Å². The molecule has 0 aromatic rings. The minimum atomic E-state index is -0.729. The zero-order valence-corrected chi connectivity index (χ0v) is 12.2. The third-order valence-electron chi connectivity index (χ3n) is 3.78. The minimum Gasteiger partial charge on any atom is -0.0652 e. The van der Waals surface area contributed by atoms with Crippen LogP contribution in [0.2, 0.25) is 0 Å². The molecule has 0 radical (unpaired) electrons. The molecule has 0 heterocycles. The molecule has 0 nitrogen and oxygen atoms in total. The maximum atomic E-state index is 2.45. The fraction of sp³-hybridized carbons (Fsp3) is 1.00. The molecule has 0 spiro atoms. The van der Waals surface area contributed by atoms with Crippen molar-refractivity contribution < 1.29 is 0 Å². The lowest BCUT2D eigenvalue weighted by atomic mass is 10.4. The summed E-state index contributed by atoms with van der Waals surface area (Å²) in [6.07, 6.45) is 4.30. The maximum Gasteiger partial charge on any atom is 0.0646 e. The van der Waals surface area contributed by atoms with E-state index in [1.54, 1.807) is 0 Å². The van der Waals surface area contributed by atoms with Crippen molar-refractivity contribution in [1.29, 1.82) is 0 Å². The van der Waals surface area contributed by atoms with Crippen LogP contribution < -0.4 is 0 Å². The maximum absolute atomic E-state index is 2.45. The van der Waals surface area contributed by atoms with E-state index in [1.807, 2.05) is 0 Å². The quantitative estimate of drug-likeness (QED) is 0.547. The first-order valence-electron chi connectivity index (χ1n) is 6.26. The Hall–Kier alpha value is 0.430. The Morgan fingerprint density at radius 1 is 0.786 bits per heavy atom. The van der Waals surface area contributed by atoms with Crippen LogP contribution in [-0.4, -0.2) is 23.1 Å². The summed E-state index contributed by atoms with van der Waals surface area (Å²) in [5, 5.41) is 0. The van der Waals surface area contributed by atoms with Gasteiger partial charge in [-0.05, 0) is 48.0 Å². The highest BCUT2D eigenvalue weighted by Crippen LogP contribution is 2.70. The molecule has 0 aliphatic rings. The molecule has 0 saturated heterocycles. The summed E-state index contributed by atoms with van der Waals surface area (Å²) in [6, 6.07) is 0. The molecule has 0 rings (SSSR count). The van der Waals surface area contributed by atoms with Crippen LogP contribution in [0.3, 0.4) is 0 Å². The predicted octanol–water partition coefficient (Wildman–Crippen LogP) is 5.03. The lowest BCUT2D eigenvalue weighted by Crippen LogP contribution is -2.26. The monoisotopic (exact) mass is 217 g/mol. The van der Waals surface area contributed by atoms with Gasteiger partial charge in [0, 0.05) is 7.26 Å².